The molecule has 1 aromatic rings. The topological polar surface area (TPSA) is 59.1 Å². The first kappa shape index (κ1) is 19.8. The Kier molecular flexibility index (Phi) is 6.04. The normalized spacial score (nSPS) is 25.8. The molecule has 0 amide bonds. The van der Waals surface area contributed by atoms with E-state index >= 15 is 0 Å². The lowest BCUT2D eigenvalue weighted by atomic mass is 9.89. The van der Waals surface area contributed by atoms with Gasteiger partial charge in [0.2, 0.25) is 10.0 Å². The smallest absolute Gasteiger partial charge is 0.243 e. The first-order chi connectivity index (χ1) is 12.4. The van der Waals surface area contributed by atoms with Gasteiger partial charge in [0.05, 0.1) is 23.7 Å². The fourth-order valence-corrected chi connectivity index (χ4v) is 5.37. The molecule has 0 N–H and O–H groups in total. The van der Waals surface area contributed by atoms with Crippen molar-refractivity contribution in [1.82, 2.24) is 9.21 Å². The Morgan fingerprint density at radius 3 is 2.58 bits per heavy atom. The summed E-state index contributed by atoms with van der Waals surface area (Å²) in [5, 5.41) is 0. The lowest BCUT2D eigenvalue weighted by molar-refractivity contribution is -0.0388. The quantitative estimate of drug-likeness (QED) is 0.753. The molecule has 3 rings (SSSR count). The largest absolute Gasteiger partial charge is 0.379 e. The third-order valence-corrected chi connectivity index (χ3v) is 7.61. The maximum absolute atomic E-state index is 12.9. The minimum atomic E-state index is -3.45. The maximum atomic E-state index is 12.9. The van der Waals surface area contributed by atoms with Crippen LogP contribution in [0.4, 0.5) is 0 Å². The molecule has 0 bridgehead atoms. The predicted octanol–water partition coefficient (Wildman–Crippen LogP) is 1.95. The van der Waals surface area contributed by atoms with E-state index < -0.39 is 10.0 Å². The molecule has 2 fully saturated rings. The van der Waals surface area contributed by atoms with Gasteiger partial charge in [0.15, 0.2) is 0 Å². The Balaban J connectivity index is 1.72. The Hall–Kier alpha value is -0.990. The highest BCUT2D eigenvalue weighted by Gasteiger charge is 2.40. The number of sulfonamides is 1. The zero-order valence-corrected chi connectivity index (χ0v) is 16.8. The molecule has 146 valence electrons. The summed E-state index contributed by atoms with van der Waals surface area (Å²) in [4.78, 5) is 2.72. The molecule has 6 nitrogen and oxygen atoms in total. The molecule has 0 radical (unpaired) electrons. The third kappa shape index (κ3) is 3.97. The third-order valence-electron chi connectivity index (χ3n) is 5.71. The SMILES string of the molecule is COC1(C(C)C)CCN(Cc2cccc(S(=O)(=O)N3CCOCC3)c2)C1. The van der Waals surface area contributed by atoms with E-state index in [1.807, 2.05) is 18.2 Å². The number of likely N-dealkylation sites (tertiary alicyclic amines) is 1. The van der Waals surface area contributed by atoms with Crippen LogP contribution in [0, 0.1) is 5.92 Å². The van der Waals surface area contributed by atoms with Crippen LogP contribution in [0.2, 0.25) is 0 Å². The van der Waals surface area contributed by atoms with Crippen LogP contribution >= 0.6 is 0 Å². The van der Waals surface area contributed by atoms with Gasteiger partial charge in [-0.3, -0.25) is 4.90 Å². The van der Waals surface area contributed by atoms with Crippen LogP contribution in [-0.4, -0.2) is 69.7 Å². The van der Waals surface area contributed by atoms with Crippen LogP contribution in [0.5, 0.6) is 0 Å². The summed E-state index contributed by atoms with van der Waals surface area (Å²) in [6.07, 6.45) is 1.01. The van der Waals surface area contributed by atoms with Crippen molar-refractivity contribution in [2.45, 2.75) is 37.3 Å². The molecule has 1 atom stereocenters. The van der Waals surface area contributed by atoms with Gasteiger partial charge in [0.25, 0.3) is 0 Å². The van der Waals surface area contributed by atoms with E-state index in [0.29, 0.717) is 37.1 Å². The highest BCUT2D eigenvalue weighted by Crippen LogP contribution is 2.33. The number of ether oxygens (including phenoxy) is 2. The number of benzene rings is 1. The van der Waals surface area contributed by atoms with Gasteiger partial charge in [-0.05, 0) is 30.0 Å². The first-order valence-corrected chi connectivity index (χ1v) is 10.8. The predicted molar refractivity (Wildman–Crippen MR) is 100 cm³/mol. The van der Waals surface area contributed by atoms with Gasteiger partial charge in [-0.25, -0.2) is 8.42 Å². The summed E-state index contributed by atoms with van der Waals surface area (Å²) in [6, 6.07) is 7.34. The molecule has 26 heavy (non-hydrogen) atoms. The van der Waals surface area contributed by atoms with E-state index in [4.69, 9.17) is 9.47 Å². The van der Waals surface area contributed by atoms with Crippen molar-refractivity contribution < 1.29 is 17.9 Å². The highest BCUT2D eigenvalue weighted by atomic mass is 32.2. The Bertz CT molecular complexity index is 716. The van der Waals surface area contributed by atoms with Crippen molar-refractivity contribution in [3.8, 4) is 0 Å². The summed E-state index contributed by atoms with van der Waals surface area (Å²) >= 11 is 0. The zero-order valence-electron chi connectivity index (χ0n) is 16.0. The minimum absolute atomic E-state index is 0.0997. The maximum Gasteiger partial charge on any atom is 0.243 e. The van der Waals surface area contributed by atoms with Crippen molar-refractivity contribution >= 4 is 10.0 Å². The average molecular weight is 383 g/mol. The van der Waals surface area contributed by atoms with Crippen LogP contribution in [0.25, 0.3) is 0 Å². The summed E-state index contributed by atoms with van der Waals surface area (Å²) in [6.45, 7) is 8.73. The molecular weight excluding hydrogens is 352 g/mol. The lowest BCUT2D eigenvalue weighted by Gasteiger charge is -2.32. The van der Waals surface area contributed by atoms with Crippen molar-refractivity contribution in [2.75, 3.05) is 46.5 Å². The lowest BCUT2D eigenvalue weighted by Crippen LogP contribution is -2.40. The van der Waals surface area contributed by atoms with Crippen LogP contribution in [-0.2, 0) is 26.0 Å². The number of rotatable bonds is 6. The van der Waals surface area contributed by atoms with Crippen LogP contribution in [0.3, 0.4) is 0 Å². The summed E-state index contributed by atoms with van der Waals surface area (Å²) in [7, 11) is -1.66. The minimum Gasteiger partial charge on any atom is -0.379 e. The Labute approximate surface area is 157 Å². The first-order valence-electron chi connectivity index (χ1n) is 9.32. The highest BCUT2D eigenvalue weighted by molar-refractivity contribution is 7.89. The molecule has 0 saturated carbocycles. The van der Waals surface area contributed by atoms with Gasteiger partial charge >= 0.3 is 0 Å². The van der Waals surface area contributed by atoms with E-state index in [9.17, 15) is 8.42 Å². The number of morpholine rings is 1. The molecule has 0 aromatic heterocycles. The second-order valence-electron chi connectivity index (χ2n) is 7.55. The summed E-state index contributed by atoms with van der Waals surface area (Å²) in [5.41, 5.74) is 0.923. The van der Waals surface area contributed by atoms with Crippen LogP contribution in [0.1, 0.15) is 25.8 Å². The Morgan fingerprint density at radius 2 is 1.96 bits per heavy atom. The molecule has 2 heterocycles. The van der Waals surface area contributed by atoms with E-state index in [2.05, 4.69) is 18.7 Å². The monoisotopic (exact) mass is 382 g/mol. The van der Waals surface area contributed by atoms with Gasteiger partial charge in [-0.1, -0.05) is 26.0 Å². The van der Waals surface area contributed by atoms with Crippen molar-refractivity contribution in [3.63, 3.8) is 0 Å². The number of nitrogens with zero attached hydrogens (tertiary/aromatic N) is 2. The summed E-state index contributed by atoms with van der Waals surface area (Å²) < 4.78 is 38.3. The molecule has 7 heteroatoms. The van der Waals surface area contributed by atoms with E-state index in [1.54, 1.807) is 13.2 Å². The van der Waals surface area contributed by atoms with Gasteiger partial charge in [0.1, 0.15) is 0 Å². The Morgan fingerprint density at radius 1 is 1.23 bits per heavy atom. The van der Waals surface area contributed by atoms with E-state index in [0.717, 1.165) is 31.6 Å². The molecular formula is C19H30N2O4S. The molecule has 2 aliphatic rings. The van der Waals surface area contributed by atoms with Gasteiger partial charge in [0, 0.05) is 39.8 Å². The second kappa shape index (κ2) is 7.94. The average Bonchev–Trinajstić information content (AvgIpc) is 3.07. The van der Waals surface area contributed by atoms with E-state index in [-0.39, 0.29) is 5.60 Å². The number of methoxy groups -OCH3 is 1. The number of hydrogen-bond acceptors (Lipinski definition) is 5. The van der Waals surface area contributed by atoms with Gasteiger partial charge < -0.3 is 9.47 Å². The summed E-state index contributed by atoms with van der Waals surface area (Å²) in [5.74, 6) is 0.450. The van der Waals surface area contributed by atoms with Crippen LogP contribution in [0.15, 0.2) is 29.2 Å². The molecule has 0 aliphatic carbocycles. The van der Waals surface area contributed by atoms with Gasteiger partial charge in [-0.2, -0.15) is 4.31 Å². The molecule has 2 saturated heterocycles. The fraction of sp³-hybridized carbons (Fsp3) is 0.684. The molecule has 2 aliphatic heterocycles. The van der Waals surface area contributed by atoms with E-state index in [1.165, 1.54) is 4.31 Å². The fourth-order valence-electron chi connectivity index (χ4n) is 3.89. The molecule has 1 unspecified atom stereocenters. The standard InChI is InChI=1S/C19H30N2O4S/c1-16(2)19(24-3)7-8-20(15-19)14-17-5-4-6-18(13-17)26(22,23)21-9-11-25-12-10-21/h4-6,13,16H,7-12,14-15H2,1-3H3. The zero-order chi connectivity index (χ0) is 18.8. The van der Waals surface area contributed by atoms with Crippen molar-refractivity contribution in [3.05, 3.63) is 29.8 Å². The van der Waals surface area contributed by atoms with Crippen molar-refractivity contribution in [1.29, 1.82) is 0 Å². The van der Waals surface area contributed by atoms with Crippen LogP contribution < -0.4 is 0 Å². The van der Waals surface area contributed by atoms with Gasteiger partial charge in [-0.15, -0.1) is 0 Å². The number of hydrogen-bond donors (Lipinski definition) is 0. The molecule has 1 aromatic carbocycles. The molecule has 0 spiro atoms. The van der Waals surface area contributed by atoms with Crippen molar-refractivity contribution in [2.24, 2.45) is 5.92 Å². The second-order valence-corrected chi connectivity index (χ2v) is 9.49.